The summed E-state index contributed by atoms with van der Waals surface area (Å²) in [6.07, 6.45) is -1.70. The molecule has 2 N–H and O–H groups in total. The summed E-state index contributed by atoms with van der Waals surface area (Å²) in [6.45, 7) is 8.60. The van der Waals surface area contributed by atoms with Crippen LogP contribution in [0.15, 0.2) is 42.5 Å². The highest BCUT2D eigenvalue weighted by molar-refractivity contribution is 5.99. The Balaban J connectivity index is 1.73. The van der Waals surface area contributed by atoms with Crippen LogP contribution in [0.25, 0.3) is 0 Å². The third-order valence-electron chi connectivity index (χ3n) is 5.82. The van der Waals surface area contributed by atoms with E-state index in [1.54, 1.807) is 6.07 Å². The van der Waals surface area contributed by atoms with Gasteiger partial charge in [-0.3, -0.25) is 0 Å². The first-order chi connectivity index (χ1) is 14.0. The van der Waals surface area contributed by atoms with E-state index >= 15 is 0 Å². The van der Waals surface area contributed by atoms with Gasteiger partial charge >= 0.3 is 12.2 Å². The lowest BCUT2D eigenvalue weighted by Crippen LogP contribution is -2.45. The van der Waals surface area contributed by atoms with Crippen molar-refractivity contribution < 1.29 is 22.7 Å². The van der Waals surface area contributed by atoms with Gasteiger partial charge in [-0.05, 0) is 67.1 Å². The first-order valence-electron chi connectivity index (χ1n) is 10.1. The highest BCUT2D eigenvalue weighted by Crippen LogP contribution is 2.48. The van der Waals surface area contributed by atoms with Gasteiger partial charge in [0.1, 0.15) is 11.4 Å². The van der Waals surface area contributed by atoms with Crippen LogP contribution in [0.3, 0.4) is 0 Å². The number of alkyl halides is 3. The molecule has 0 atom stereocenters. The number of benzene rings is 2. The van der Waals surface area contributed by atoms with E-state index in [2.05, 4.69) is 38.3 Å². The molecule has 162 valence electrons. The second kappa shape index (κ2) is 7.85. The van der Waals surface area contributed by atoms with Crippen molar-refractivity contribution in [2.75, 3.05) is 10.6 Å². The second-order valence-corrected chi connectivity index (χ2v) is 8.42. The number of fused-ring (bicyclic) bond motifs is 1. The topological polar surface area (TPSA) is 50.4 Å². The largest absolute Gasteiger partial charge is 0.487 e. The predicted octanol–water partition coefficient (Wildman–Crippen LogP) is 6.97. The van der Waals surface area contributed by atoms with Crippen molar-refractivity contribution in [3.63, 3.8) is 0 Å². The lowest BCUT2D eigenvalue weighted by atomic mass is 9.71. The first kappa shape index (κ1) is 22.0. The molecule has 0 bridgehead atoms. The van der Waals surface area contributed by atoms with Crippen LogP contribution < -0.4 is 15.4 Å². The summed E-state index contributed by atoms with van der Waals surface area (Å²) in [5.41, 5.74) is 0.813. The molecule has 1 heterocycles. The highest BCUT2D eigenvalue weighted by Gasteiger charge is 2.42. The minimum absolute atomic E-state index is 0.124. The molecule has 0 saturated carbocycles. The van der Waals surface area contributed by atoms with Crippen LogP contribution in [-0.2, 0) is 11.6 Å². The van der Waals surface area contributed by atoms with Crippen molar-refractivity contribution in [2.45, 2.75) is 64.1 Å². The van der Waals surface area contributed by atoms with Crippen molar-refractivity contribution in [1.82, 2.24) is 0 Å². The van der Waals surface area contributed by atoms with E-state index in [1.165, 1.54) is 12.1 Å². The van der Waals surface area contributed by atoms with Crippen LogP contribution in [0.5, 0.6) is 5.75 Å². The molecular weight excluding hydrogens is 393 g/mol. The average molecular weight is 420 g/mol. The first-order valence-corrected chi connectivity index (χ1v) is 10.1. The monoisotopic (exact) mass is 420 g/mol. The van der Waals surface area contributed by atoms with Crippen molar-refractivity contribution >= 4 is 17.4 Å². The zero-order valence-electron chi connectivity index (χ0n) is 17.6. The van der Waals surface area contributed by atoms with Crippen LogP contribution in [0.2, 0.25) is 0 Å². The number of urea groups is 1. The molecule has 3 rings (SSSR count). The molecule has 30 heavy (non-hydrogen) atoms. The molecule has 1 aliphatic rings. The fraction of sp³-hybridized carbons (Fsp3) is 0.435. The van der Waals surface area contributed by atoms with Gasteiger partial charge in [0.25, 0.3) is 0 Å². The van der Waals surface area contributed by atoms with Crippen molar-refractivity contribution in [3.05, 3.63) is 53.6 Å². The maximum atomic E-state index is 12.7. The van der Waals surface area contributed by atoms with Crippen LogP contribution in [0.4, 0.5) is 29.3 Å². The molecule has 2 amide bonds. The summed E-state index contributed by atoms with van der Waals surface area (Å²) in [6, 6.07) is 9.32. The minimum Gasteiger partial charge on any atom is -0.487 e. The quantitative estimate of drug-likeness (QED) is 0.561. The highest BCUT2D eigenvalue weighted by atomic mass is 19.4. The maximum absolute atomic E-state index is 12.7. The van der Waals surface area contributed by atoms with E-state index in [4.69, 9.17) is 4.74 Å². The third kappa shape index (κ3) is 4.55. The number of carbonyl (C=O) groups excluding carboxylic acids is 1. The molecule has 2 aromatic carbocycles. The molecule has 0 aromatic heterocycles. The SMILES string of the molecule is CCC1(CC)CC(C)(C)c2cc(NC(=O)Nc3ccc(C(F)(F)F)cc3)ccc2O1. The fourth-order valence-corrected chi connectivity index (χ4v) is 4.08. The third-order valence-corrected chi connectivity index (χ3v) is 5.82. The number of carbonyl (C=O) groups is 1. The molecule has 0 radical (unpaired) electrons. The lowest BCUT2D eigenvalue weighted by molar-refractivity contribution is -0.137. The van der Waals surface area contributed by atoms with Crippen molar-refractivity contribution in [1.29, 1.82) is 0 Å². The summed E-state index contributed by atoms with van der Waals surface area (Å²) in [7, 11) is 0. The second-order valence-electron chi connectivity index (χ2n) is 8.42. The number of hydrogen-bond donors (Lipinski definition) is 2. The molecule has 0 fully saturated rings. The fourth-order valence-electron chi connectivity index (χ4n) is 4.08. The number of hydrogen-bond acceptors (Lipinski definition) is 2. The number of halogens is 3. The van der Waals surface area contributed by atoms with Gasteiger partial charge in [-0.25, -0.2) is 4.79 Å². The summed E-state index contributed by atoms with van der Waals surface area (Å²) in [4.78, 5) is 12.3. The number of amides is 2. The molecule has 0 spiro atoms. The van der Waals surface area contributed by atoms with E-state index in [-0.39, 0.29) is 16.7 Å². The van der Waals surface area contributed by atoms with Gasteiger partial charge in [-0.15, -0.1) is 0 Å². The number of ether oxygens (including phenoxy) is 1. The van der Waals surface area contributed by atoms with Crippen molar-refractivity contribution in [2.24, 2.45) is 0 Å². The Kier molecular flexibility index (Phi) is 5.76. The van der Waals surface area contributed by atoms with Gasteiger partial charge in [0.15, 0.2) is 0 Å². The molecule has 0 unspecified atom stereocenters. The Morgan fingerprint density at radius 2 is 1.57 bits per heavy atom. The zero-order chi connectivity index (χ0) is 22.2. The Morgan fingerprint density at radius 1 is 1.00 bits per heavy atom. The van der Waals surface area contributed by atoms with Gasteiger partial charge < -0.3 is 15.4 Å². The maximum Gasteiger partial charge on any atom is 0.416 e. The van der Waals surface area contributed by atoms with Crippen LogP contribution in [0.1, 0.15) is 58.1 Å². The number of rotatable bonds is 4. The van der Waals surface area contributed by atoms with E-state index in [0.717, 1.165) is 42.7 Å². The Bertz CT molecular complexity index is 917. The smallest absolute Gasteiger partial charge is 0.416 e. The summed E-state index contributed by atoms with van der Waals surface area (Å²) >= 11 is 0. The van der Waals surface area contributed by atoms with Crippen LogP contribution >= 0.6 is 0 Å². The van der Waals surface area contributed by atoms with Crippen molar-refractivity contribution in [3.8, 4) is 5.75 Å². The minimum atomic E-state index is -4.41. The van der Waals surface area contributed by atoms with E-state index in [1.807, 2.05) is 12.1 Å². The van der Waals surface area contributed by atoms with E-state index in [9.17, 15) is 18.0 Å². The molecular formula is C23H27F3N2O2. The van der Waals surface area contributed by atoms with E-state index < -0.39 is 17.8 Å². The number of anilines is 2. The summed E-state index contributed by atoms with van der Waals surface area (Å²) in [5.74, 6) is 0.823. The zero-order valence-corrected chi connectivity index (χ0v) is 17.6. The standard InChI is InChI=1S/C23H27F3N2O2/c1-5-22(6-2)14-21(3,4)18-13-17(11-12-19(18)30-22)28-20(29)27-16-9-7-15(8-10-16)23(24,25)26/h7-13H,5-6,14H2,1-4H3,(H2,27,28,29). The number of nitrogens with one attached hydrogen (secondary N) is 2. The normalized spacial score (nSPS) is 16.9. The predicted molar refractivity (Wildman–Crippen MR) is 112 cm³/mol. The van der Waals surface area contributed by atoms with E-state index in [0.29, 0.717) is 5.69 Å². The molecule has 2 aromatic rings. The molecule has 0 aliphatic carbocycles. The van der Waals surface area contributed by atoms with Crippen LogP contribution in [0, 0.1) is 0 Å². The molecule has 0 saturated heterocycles. The average Bonchev–Trinajstić information content (AvgIpc) is 2.67. The van der Waals surface area contributed by atoms with Gasteiger partial charge in [-0.2, -0.15) is 13.2 Å². The molecule has 1 aliphatic heterocycles. The Labute approximate surface area is 174 Å². The van der Waals surface area contributed by atoms with Gasteiger partial charge in [0.05, 0.1) is 5.56 Å². The van der Waals surface area contributed by atoms with Gasteiger partial charge in [-0.1, -0.05) is 27.7 Å². The summed E-state index contributed by atoms with van der Waals surface area (Å²) < 4.78 is 44.3. The summed E-state index contributed by atoms with van der Waals surface area (Å²) in [5, 5.41) is 5.30. The van der Waals surface area contributed by atoms with Gasteiger partial charge in [0.2, 0.25) is 0 Å². The molecule has 7 heteroatoms. The van der Waals surface area contributed by atoms with Gasteiger partial charge in [0, 0.05) is 16.9 Å². The lowest BCUT2D eigenvalue weighted by Gasteiger charge is -2.45. The Morgan fingerprint density at radius 3 is 2.13 bits per heavy atom. The molecule has 4 nitrogen and oxygen atoms in total. The van der Waals surface area contributed by atoms with Crippen LogP contribution in [-0.4, -0.2) is 11.6 Å². The Hall–Kier alpha value is -2.70.